The zero-order valence-electron chi connectivity index (χ0n) is 16.5. The highest BCUT2D eigenvalue weighted by Crippen LogP contribution is 2.63. The lowest BCUT2D eigenvalue weighted by Gasteiger charge is -2.19. The molecule has 6 nitrogen and oxygen atoms in total. The Balaban J connectivity index is 2.08. The molecule has 0 saturated carbocycles. The van der Waals surface area contributed by atoms with Crippen LogP contribution in [0.1, 0.15) is 19.4 Å². The molecule has 0 unspecified atom stereocenters. The molecule has 0 aliphatic carbocycles. The van der Waals surface area contributed by atoms with Crippen LogP contribution in [0.5, 0.6) is 0 Å². The Hall–Kier alpha value is -0.960. The molecule has 0 fully saturated rings. The van der Waals surface area contributed by atoms with Gasteiger partial charge in [0.15, 0.2) is 5.82 Å². The van der Waals surface area contributed by atoms with E-state index in [0.717, 1.165) is 0 Å². The Kier molecular flexibility index (Phi) is 8.96. The molecule has 0 atom stereocenters. The monoisotopic (exact) mass is 534 g/mol. The fourth-order valence-corrected chi connectivity index (χ4v) is 7.57. The first-order valence-electron chi connectivity index (χ1n) is 9.15. The zero-order valence-corrected chi connectivity index (χ0v) is 21.3. The van der Waals surface area contributed by atoms with Gasteiger partial charge in [0.25, 0.3) is 5.69 Å². The van der Waals surface area contributed by atoms with Crippen molar-refractivity contribution in [3.8, 4) is 11.4 Å². The third-order valence-corrected chi connectivity index (χ3v) is 9.55. The molecule has 0 aliphatic rings. The molecule has 0 amide bonds. The van der Waals surface area contributed by atoms with Crippen LogP contribution in [0.25, 0.3) is 11.4 Å². The van der Waals surface area contributed by atoms with E-state index in [0.29, 0.717) is 50.4 Å². The van der Waals surface area contributed by atoms with E-state index in [1.165, 1.54) is 11.4 Å². The van der Waals surface area contributed by atoms with Gasteiger partial charge in [-0.15, -0.1) is 10.2 Å². The second-order valence-electron chi connectivity index (χ2n) is 5.88. The van der Waals surface area contributed by atoms with Crippen molar-refractivity contribution in [2.24, 2.45) is 5.10 Å². The summed E-state index contributed by atoms with van der Waals surface area (Å²) in [5, 5.41) is 15.1. The van der Waals surface area contributed by atoms with Crippen molar-refractivity contribution in [3.05, 3.63) is 63.1 Å². The average Bonchev–Trinajstić information content (AvgIpc) is 3.10. The quantitative estimate of drug-likeness (QED) is 0.214. The van der Waals surface area contributed by atoms with Crippen molar-refractivity contribution in [3.63, 3.8) is 0 Å². The predicted molar refractivity (Wildman–Crippen MR) is 133 cm³/mol. The first kappa shape index (κ1) is 24.7. The highest BCUT2D eigenvalue weighted by atomic mass is 35.5. The Morgan fingerprint density at radius 1 is 1.06 bits per heavy atom. The largest absolute Gasteiger partial charge is 0.322 e. The minimum atomic E-state index is -2.69. The summed E-state index contributed by atoms with van der Waals surface area (Å²) in [5.74, 6) is 0.448. The Labute approximate surface area is 204 Å². The molecular weight excluding hydrogens is 518 g/mol. The summed E-state index contributed by atoms with van der Waals surface area (Å²) < 4.78 is 13.0. The molecule has 1 aromatic heterocycles. The van der Waals surface area contributed by atoms with Crippen LogP contribution in [0.4, 0.5) is 0 Å². The number of hydrogen-bond acceptors (Lipinski definition) is 7. The summed E-state index contributed by atoms with van der Waals surface area (Å²) in [6.07, 6.45) is 1.59. The van der Waals surface area contributed by atoms with Gasteiger partial charge in [0.05, 0.1) is 29.5 Å². The standard InChI is InChI=1S/C19H18Cl3N4O2PS2/c1-3-27-29(30,28-4-2)31-19-25-24-18(15-7-5-6-8-16(15)21)26(19)23-12-13-9-10-14(20)11-17(13)22/h5-12H,3-4H2,1-2H3/b23-12+. The molecule has 2 aromatic carbocycles. The van der Waals surface area contributed by atoms with Crippen molar-refractivity contribution in [2.75, 3.05) is 13.2 Å². The van der Waals surface area contributed by atoms with Gasteiger partial charge in [0.2, 0.25) is 5.16 Å². The predicted octanol–water partition coefficient (Wildman–Crippen LogP) is 7.18. The molecule has 12 heteroatoms. The molecule has 0 N–H and O–H groups in total. The van der Waals surface area contributed by atoms with Gasteiger partial charge in [-0.3, -0.25) is 0 Å². The summed E-state index contributed by atoms with van der Waals surface area (Å²) in [6, 6.07) is 12.4. The fraction of sp³-hybridized carbons (Fsp3) is 0.211. The minimum Gasteiger partial charge on any atom is -0.322 e. The van der Waals surface area contributed by atoms with E-state index < -0.39 is 5.69 Å². The fourth-order valence-electron chi connectivity index (χ4n) is 2.47. The lowest BCUT2D eigenvalue weighted by Crippen LogP contribution is -1.99. The Morgan fingerprint density at radius 2 is 1.77 bits per heavy atom. The van der Waals surface area contributed by atoms with E-state index in [1.807, 2.05) is 32.0 Å². The van der Waals surface area contributed by atoms with Crippen molar-refractivity contribution in [2.45, 2.75) is 19.0 Å². The Morgan fingerprint density at radius 3 is 2.42 bits per heavy atom. The SMILES string of the molecule is CCOP(=S)(OCC)Sc1nnc(-c2ccccc2Cl)n1/N=C/c1ccc(Cl)cc1Cl. The molecule has 164 valence electrons. The van der Waals surface area contributed by atoms with E-state index in [-0.39, 0.29) is 0 Å². The van der Waals surface area contributed by atoms with Gasteiger partial charge in [-0.25, -0.2) is 0 Å². The van der Waals surface area contributed by atoms with Crippen LogP contribution >= 0.6 is 51.9 Å². The molecule has 0 bridgehead atoms. The summed E-state index contributed by atoms with van der Waals surface area (Å²) in [5.41, 5.74) is -1.35. The molecule has 1 heterocycles. The first-order chi connectivity index (χ1) is 14.9. The van der Waals surface area contributed by atoms with Crippen molar-refractivity contribution < 1.29 is 9.05 Å². The lowest BCUT2D eigenvalue weighted by atomic mass is 10.2. The molecule has 3 rings (SSSR count). The average molecular weight is 536 g/mol. The van der Waals surface area contributed by atoms with Crippen molar-refractivity contribution in [1.82, 2.24) is 14.9 Å². The smallest absolute Gasteiger partial charge is 0.255 e. The van der Waals surface area contributed by atoms with Crippen LogP contribution in [0.3, 0.4) is 0 Å². The zero-order chi connectivity index (χ0) is 22.4. The summed E-state index contributed by atoms with van der Waals surface area (Å²) in [7, 11) is 0. The number of benzene rings is 2. The maximum Gasteiger partial charge on any atom is 0.255 e. The van der Waals surface area contributed by atoms with Gasteiger partial charge in [-0.2, -0.15) is 9.78 Å². The van der Waals surface area contributed by atoms with E-state index in [4.69, 9.17) is 55.7 Å². The molecule has 3 aromatic rings. The first-order valence-corrected chi connectivity index (χ1v) is 14.3. The van der Waals surface area contributed by atoms with Gasteiger partial charge in [-0.05, 0) is 49.9 Å². The summed E-state index contributed by atoms with van der Waals surface area (Å²) >= 11 is 25.5. The second kappa shape index (κ2) is 11.3. The van der Waals surface area contributed by atoms with Crippen molar-refractivity contribution >= 4 is 69.9 Å². The maximum absolute atomic E-state index is 6.39. The number of nitrogens with zero attached hydrogens (tertiary/aromatic N) is 4. The summed E-state index contributed by atoms with van der Waals surface area (Å²) in [4.78, 5) is 0. The van der Waals surface area contributed by atoms with Crippen LogP contribution in [0.15, 0.2) is 52.7 Å². The van der Waals surface area contributed by atoms with Gasteiger partial charge >= 0.3 is 0 Å². The van der Waals surface area contributed by atoms with Crippen molar-refractivity contribution in [1.29, 1.82) is 0 Å². The highest BCUT2D eigenvalue weighted by molar-refractivity contribution is 8.67. The lowest BCUT2D eigenvalue weighted by molar-refractivity contribution is 0.280. The Bertz CT molecular complexity index is 1130. The molecule has 0 saturated heterocycles. The molecule has 0 aliphatic heterocycles. The normalized spacial score (nSPS) is 12.0. The second-order valence-corrected chi connectivity index (χ2v) is 13.2. The number of aromatic nitrogens is 3. The number of halogens is 3. The van der Waals surface area contributed by atoms with Gasteiger partial charge < -0.3 is 9.05 Å². The third-order valence-electron chi connectivity index (χ3n) is 3.77. The van der Waals surface area contributed by atoms with E-state index in [2.05, 4.69) is 15.3 Å². The highest BCUT2D eigenvalue weighted by Gasteiger charge is 2.26. The third kappa shape index (κ3) is 6.30. The molecule has 0 spiro atoms. The van der Waals surface area contributed by atoms with Crippen LogP contribution in [-0.4, -0.2) is 34.3 Å². The molecular formula is C19H18Cl3N4O2PS2. The van der Waals surface area contributed by atoms with E-state index >= 15 is 0 Å². The van der Waals surface area contributed by atoms with Crippen LogP contribution in [0, 0.1) is 0 Å². The maximum atomic E-state index is 6.39. The van der Waals surface area contributed by atoms with E-state index in [1.54, 1.807) is 35.2 Å². The van der Waals surface area contributed by atoms with Crippen LogP contribution in [-0.2, 0) is 20.9 Å². The molecule has 31 heavy (non-hydrogen) atoms. The van der Waals surface area contributed by atoms with Gasteiger partial charge in [0, 0.05) is 27.5 Å². The van der Waals surface area contributed by atoms with E-state index in [9.17, 15) is 0 Å². The van der Waals surface area contributed by atoms with Crippen LogP contribution < -0.4 is 0 Å². The van der Waals surface area contributed by atoms with Gasteiger partial charge in [0.1, 0.15) is 0 Å². The number of hydrogen-bond donors (Lipinski definition) is 0. The number of rotatable bonds is 9. The van der Waals surface area contributed by atoms with Gasteiger partial charge in [-0.1, -0.05) is 53.0 Å². The summed E-state index contributed by atoms with van der Waals surface area (Å²) in [6.45, 7) is 4.56. The molecule has 0 radical (unpaired) electrons. The topological polar surface area (TPSA) is 61.5 Å². The van der Waals surface area contributed by atoms with Crippen LogP contribution in [0.2, 0.25) is 15.1 Å². The minimum absolute atomic E-state index is 0.416.